The molecule has 0 fully saturated rings. The number of fused-ring (bicyclic) bond motifs is 1. The van der Waals surface area contributed by atoms with Crippen molar-refractivity contribution in [3.8, 4) is 0 Å². The fourth-order valence-corrected chi connectivity index (χ4v) is 2.62. The van der Waals surface area contributed by atoms with E-state index in [1.807, 2.05) is 0 Å². The largest absolute Gasteiger partial charge is 0.0826 e. The minimum Gasteiger partial charge on any atom is -0.0826 e. The van der Waals surface area contributed by atoms with Crippen LogP contribution < -0.4 is 0 Å². The maximum atomic E-state index is 2.59. The van der Waals surface area contributed by atoms with E-state index in [0.29, 0.717) is 0 Å². The lowest BCUT2D eigenvalue weighted by Gasteiger charge is -2.05. The van der Waals surface area contributed by atoms with E-state index < -0.39 is 0 Å². The molecule has 0 aliphatic heterocycles. The van der Waals surface area contributed by atoms with Crippen molar-refractivity contribution in [2.75, 3.05) is 0 Å². The molecule has 0 saturated carbocycles. The summed E-state index contributed by atoms with van der Waals surface area (Å²) in [6.07, 6.45) is 5.28. The molecule has 0 spiro atoms. The highest BCUT2D eigenvalue weighted by molar-refractivity contribution is 14.1. The zero-order valence-electron chi connectivity index (χ0n) is 8.02. The highest BCUT2D eigenvalue weighted by Crippen LogP contribution is 2.25. The van der Waals surface area contributed by atoms with Gasteiger partial charge in [-0.3, -0.25) is 0 Å². The van der Waals surface area contributed by atoms with Crippen molar-refractivity contribution < 1.29 is 0 Å². The molecule has 1 aromatic carbocycles. The summed E-state index contributed by atoms with van der Waals surface area (Å²) in [5, 5.41) is 0. The van der Waals surface area contributed by atoms with Crippen LogP contribution in [0.3, 0.4) is 0 Å². The molecule has 70 valence electrons. The molecule has 0 bridgehead atoms. The van der Waals surface area contributed by atoms with Gasteiger partial charge in [-0.1, -0.05) is 46.4 Å². The second-order valence-electron chi connectivity index (χ2n) is 3.95. The molecule has 0 radical (unpaired) electrons. The summed E-state index contributed by atoms with van der Waals surface area (Å²) >= 11 is 2.59. The Morgan fingerprint density at radius 2 is 1.85 bits per heavy atom. The molecular formula is C12H15I. The Kier molecular flexibility index (Phi) is 2.92. The fourth-order valence-electron chi connectivity index (χ4n) is 2.00. The van der Waals surface area contributed by atoms with Crippen molar-refractivity contribution in [3.63, 3.8) is 0 Å². The molecule has 0 amide bonds. The number of rotatable bonds is 0. The van der Waals surface area contributed by atoms with Gasteiger partial charge in [0.25, 0.3) is 0 Å². The summed E-state index contributed by atoms with van der Waals surface area (Å²) in [6, 6.07) is 6.93. The van der Waals surface area contributed by atoms with E-state index in [1.54, 1.807) is 11.1 Å². The predicted molar refractivity (Wildman–Crippen MR) is 65.6 cm³/mol. The van der Waals surface area contributed by atoms with Gasteiger partial charge in [-0.05, 0) is 43.7 Å². The third-order valence-corrected chi connectivity index (χ3v) is 4.06. The molecule has 1 aliphatic rings. The first kappa shape index (κ1) is 9.50. The molecule has 0 nitrogen and oxygen atoms in total. The smallest absolute Gasteiger partial charge is 0.0116 e. The molecule has 1 aromatic rings. The SMILES string of the molecule is Cc1ccc2c(c1)CCC(I)CC2. The Bertz CT molecular complexity index is 304. The van der Waals surface area contributed by atoms with Crippen LogP contribution in [-0.4, -0.2) is 3.92 Å². The second-order valence-corrected chi connectivity index (χ2v) is 5.71. The number of hydrogen-bond donors (Lipinski definition) is 0. The van der Waals surface area contributed by atoms with Gasteiger partial charge in [0.2, 0.25) is 0 Å². The Labute approximate surface area is 93.9 Å². The van der Waals surface area contributed by atoms with Crippen molar-refractivity contribution in [1.29, 1.82) is 0 Å². The van der Waals surface area contributed by atoms with Crippen molar-refractivity contribution >= 4 is 22.6 Å². The Balaban J connectivity index is 2.30. The maximum Gasteiger partial charge on any atom is 0.0116 e. The van der Waals surface area contributed by atoms with Crippen LogP contribution in [-0.2, 0) is 12.8 Å². The maximum absolute atomic E-state index is 2.59. The average molecular weight is 286 g/mol. The van der Waals surface area contributed by atoms with Crippen LogP contribution in [0.4, 0.5) is 0 Å². The molecule has 1 atom stereocenters. The van der Waals surface area contributed by atoms with Gasteiger partial charge in [0, 0.05) is 3.92 Å². The van der Waals surface area contributed by atoms with Gasteiger partial charge in [0.15, 0.2) is 0 Å². The van der Waals surface area contributed by atoms with Gasteiger partial charge in [0.05, 0.1) is 0 Å². The molecule has 0 N–H and O–H groups in total. The van der Waals surface area contributed by atoms with E-state index in [0.717, 1.165) is 3.92 Å². The molecule has 0 saturated heterocycles. The summed E-state index contributed by atoms with van der Waals surface area (Å²) in [6.45, 7) is 2.19. The summed E-state index contributed by atoms with van der Waals surface area (Å²) in [5.74, 6) is 0. The first-order chi connectivity index (χ1) is 6.25. The van der Waals surface area contributed by atoms with Crippen molar-refractivity contribution in [2.45, 2.75) is 36.5 Å². The van der Waals surface area contributed by atoms with Crippen LogP contribution in [0, 0.1) is 6.92 Å². The summed E-state index contributed by atoms with van der Waals surface area (Å²) in [5.41, 5.74) is 4.59. The lowest BCUT2D eigenvalue weighted by atomic mass is 10.0. The molecule has 1 heteroatoms. The molecule has 13 heavy (non-hydrogen) atoms. The Morgan fingerprint density at radius 1 is 1.15 bits per heavy atom. The van der Waals surface area contributed by atoms with Gasteiger partial charge in [0.1, 0.15) is 0 Å². The molecule has 1 aliphatic carbocycles. The molecule has 2 rings (SSSR count). The molecule has 0 aromatic heterocycles. The van der Waals surface area contributed by atoms with Crippen molar-refractivity contribution in [1.82, 2.24) is 0 Å². The van der Waals surface area contributed by atoms with Crippen LogP contribution >= 0.6 is 22.6 Å². The lowest BCUT2D eigenvalue weighted by Crippen LogP contribution is -1.95. The van der Waals surface area contributed by atoms with E-state index in [4.69, 9.17) is 0 Å². The average Bonchev–Trinajstić information content (AvgIpc) is 2.29. The highest BCUT2D eigenvalue weighted by atomic mass is 127. The van der Waals surface area contributed by atoms with Gasteiger partial charge in [-0.15, -0.1) is 0 Å². The summed E-state index contributed by atoms with van der Waals surface area (Å²) in [4.78, 5) is 0. The van der Waals surface area contributed by atoms with Crippen LogP contribution in [0.5, 0.6) is 0 Å². The van der Waals surface area contributed by atoms with Crippen molar-refractivity contribution in [2.24, 2.45) is 0 Å². The minimum atomic E-state index is 0.880. The second kappa shape index (κ2) is 3.99. The van der Waals surface area contributed by atoms with Gasteiger partial charge in [-0.2, -0.15) is 0 Å². The number of halogens is 1. The van der Waals surface area contributed by atoms with Crippen molar-refractivity contribution in [3.05, 3.63) is 34.9 Å². The molecule has 1 unspecified atom stereocenters. The number of aryl methyl sites for hydroxylation is 3. The van der Waals surface area contributed by atoms with Gasteiger partial charge < -0.3 is 0 Å². The molecule has 0 heterocycles. The van der Waals surface area contributed by atoms with Crippen LogP contribution in [0.15, 0.2) is 18.2 Å². The first-order valence-corrected chi connectivity index (χ1v) is 6.23. The molecular weight excluding hydrogens is 271 g/mol. The van der Waals surface area contributed by atoms with Crippen LogP contribution in [0.25, 0.3) is 0 Å². The first-order valence-electron chi connectivity index (χ1n) is 4.98. The summed E-state index contributed by atoms with van der Waals surface area (Å²) in [7, 11) is 0. The lowest BCUT2D eigenvalue weighted by molar-refractivity contribution is 0.754. The normalized spacial score (nSPS) is 22.2. The van der Waals surface area contributed by atoms with E-state index >= 15 is 0 Å². The van der Waals surface area contributed by atoms with Crippen LogP contribution in [0.2, 0.25) is 0 Å². The quantitative estimate of drug-likeness (QED) is 0.388. The standard InChI is InChI=1S/C12H15I/c1-9-2-3-10-4-6-12(13)7-5-11(10)8-9/h2-3,8,12H,4-7H2,1H3. The zero-order valence-corrected chi connectivity index (χ0v) is 10.2. The van der Waals surface area contributed by atoms with Gasteiger partial charge in [-0.25, -0.2) is 0 Å². The number of hydrogen-bond acceptors (Lipinski definition) is 0. The van der Waals surface area contributed by atoms with Gasteiger partial charge >= 0.3 is 0 Å². The highest BCUT2D eigenvalue weighted by Gasteiger charge is 2.13. The zero-order chi connectivity index (χ0) is 9.26. The van der Waals surface area contributed by atoms with E-state index in [2.05, 4.69) is 47.7 Å². The third kappa shape index (κ3) is 2.25. The number of alkyl halides is 1. The van der Waals surface area contributed by atoms with E-state index in [1.165, 1.54) is 31.2 Å². The minimum absolute atomic E-state index is 0.880. The van der Waals surface area contributed by atoms with E-state index in [9.17, 15) is 0 Å². The van der Waals surface area contributed by atoms with E-state index in [-0.39, 0.29) is 0 Å². The Hall–Kier alpha value is -0.0500. The number of benzene rings is 1. The topological polar surface area (TPSA) is 0 Å². The predicted octanol–water partition coefficient (Wildman–Crippen LogP) is 3.68. The van der Waals surface area contributed by atoms with Crippen LogP contribution in [0.1, 0.15) is 29.5 Å². The third-order valence-electron chi connectivity index (χ3n) is 2.82. The Morgan fingerprint density at radius 3 is 2.62 bits per heavy atom. The monoisotopic (exact) mass is 286 g/mol. The summed E-state index contributed by atoms with van der Waals surface area (Å²) < 4.78 is 0.880. The fraction of sp³-hybridized carbons (Fsp3) is 0.500.